The van der Waals surface area contributed by atoms with Crippen molar-refractivity contribution in [1.29, 1.82) is 0 Å². The van der Waals surface area contributed by atoms with Crippen molar-refractivity contribution in [2.24, 2.45) is 0 Å². The summed E-state index contributed by atoms with van der Waals surface area (Å²) in [6.07, 6.45) is -0.742. The second-order valence-electron chi connectivity index (χ2n) is 3.90. The van der Waals surface area contributed by atoms with Gasteiger partial charge in [0.2, 0.25) is 0 Å². The number of benzene rings is 1. The highest BCUT2D eigenvalue weighted by atomic mass is 16.5. The third kappa shape index (κ3) is 5.87. The monoisotopic (exact) mass is 266 g/mol. The molecule has 0 saturated carbocycles. The molecular weight excluding hydrogens is 248 g/mol. The summed E-state index contributed by atoms with van der Waals surface area (Å²) in [5.74, 6) is -1.10. The van der Waals surface area contributed by atoms with Crippen LogP contribution in [-0.2, 0) is 16.1 Å². The normalized spacial score (nSPS) is 11.6. The fourth-order valence-corrected chi connectivity index (χ4v) is 1.40. The van der Waals surface area contributed by atoms with Gasteiger partial charge in [-0.25, -0.2) is 9.59 Å². The third-order valence-electron chi connectivity index (χ3n) is 2.40. The Morgan fingerprint density at radius 1 is 1.32 bits per heavy atom. The molecule has 0 saturated heterocycles. The van der Waals surface area contributed by atoms with Gasteiger partial charge in [0.05, 0.1) is 0 Å². The van der Waals surface area contributed by atoms with Crippen molar-refractivity contribution in [3.05, 3.63) is 35.9 Å². The molecule has 1 atom stereocenters. The van der Waals surface area contributed by atoms with Crippen LogP contribution in [0.15, 0.2) is 30.3 Å². The number of rotatable bonds is 7. The van der Waals surface area contributed by atoms with Gasteiger partial charge in [0.1, 0.15) is 12.6 Å². The van der Waals surface area contributed by atoms with E-state index in [2.05, 4.69) is 10.6 Å². The van der Waals surface area contributed by atoms with Crippen molar-refractivity contribution in [2.75, 3.05) is 13.1 Å². The Morgan fingerprint density at radius 2 is 2.00 bits per heavy atom. The summed E-state index contributed by atoms with van der Waals surface area (Å²) in [7, 11) is 0. The topological polar surface area (TPSA) is 87.7 Å². The second-order valence-corrected chi connectivity index (χ2v) is 3.90. The van der Waals surface area contributed by atoms with Gasteiger partial charge in [0.15, 0.2) is 0 Å². The van der Waals surface area contributed by atoms with Crippen molar-refractivity contribution >= 4 is 12.1 Å². The SMILES string of the molecule is CCNC[C@@H](NC(=O)OCc1ccccc1)C(=O)O. The molecule has 104 valence electrons. The maximum absolute atomic E-state index is 11.5. The summed E-state index contributed by atoms with van der Waals surface area (Å²) in [6, 6.07) is 8.17. The van der Waals surface area contributed by atoms with Crippen LogP contribution in [0, 0.1) is 0 Å². The van der Waals surface area contributed by atoms with Crippen LogP contribution in [0.2, 0.25) is 0 Å². The zero-order valence-corrected chi connectivity index (χ0v) is 10.8. The van der Waals surface area contributed by atoms with Crippen LogP contribution in [-0.4, -0.2) is 36.3 Å². The fraction of sp³-hybridized carbons (Fsp3) is 0.385. The van der Waals surface area contributed by atoms with Crippen LogP contribution in [0.1, 0.15) is 12.5 Å². The van der Waals surface area contributed by atoms with E-state index in [1.807, 2.05) is 37.3 Å². The van der Waals surface area contributed by atoms with Crippen LogP contribution < -0.4 is 10.6 Å². The average Bonchev–Trinajstić information content (AvgIpc) is 2.42. The van der Waals surface area contributed by atoms with Gasteiger partial charge in [-0.15, -0.1) is 0 Å². The Balaban J connectivity index is 2.38. The Morgan fingerprint density at radius 3 is 2.58 bits per heavy atom. The zero-order chi connectivity index (χ0) is 14.1. The number of carboxylic acids is 1. The van der Waals surface area contributed by atoms with E-state index in [9.17, 15) is 9.59 Å². The molecule has 6 heteroatoms. The highest BCUT2D eigenvalue weighted by Gasteiger charge is 2.19. The van der Waals surface area contributed by atoms with Gasteiger partial charge in [-0.05, 0) is 12.1 Å². The maximum Gasteiger partial charge on any atom is 0.408 e. The number of carboxylic acid groups (broad SMARTS) is 1. The number of aliphatic carboxylic acids is 1. The van der Waals surface area contributed by atoms with Gasteiger partial charge < -0.3 is 20.5 Å². The first-order valence-corrected chi connectivity index (χ1v) is 6.04. The lowest BCUT2D eigenvalue weighted by atomic mass is 10.2. The number of hydrogen-bond donors (Lipinski definition) is 3. The van der Waals surface area contributed by atoms with E-state index in [0.29, 0.717) is 6.54 Å². The van der Waals surface area contributed by atoms with Gasteiger partial charge in [-0.1, -0.05) is 37.3 Å². The minimum absolute atomic E-state index is 0.111. The maximum atomic E-state index is 11.5. The number of amides is 1. The first-order chi connectivity index (χ1) is 9.13. The molecule has 1 rings (SSSR count). The number of carbonyl (C=O) groups is 2. The highest BCUT2D eigenvalue weighted by Crippen LogP contribution is 2.00. The summed E-state index contributed by atoms with van der Waals surface area (Å²) in [5.41, 5.74) is 0.844. The number of alkyl carbamates (subject to hydrolysis) is 1. The fourth-order valence-electron chi connectivity index (χ4n) is 1.40. The molecule has 0 radical (unpaired) electrons. The summed E-state index contributed by atoms with van der Waals surface area (Å²) < 4.78 is 4.95. The number of likely N-dealkylation sites (N-methyl/N-ethyl adjacent to an activating group) is 1. The molecule has 3 N–H and O–H groups in total. The second kappa shape index (κ2) is 8.10. The standard InChI is InChI=1S/C13H18N2O4/c1-2-14-8-11(12(16)17)15-13(18)19-9-10-6-4-3-5-7-10/h3-7,11,14H,2,8-9H2,1H3,(H,15,18)(H,16,17)/t11-/m1/s1. The Kier molecular flexibility index (Phi) is 6.38. The molecular formula is C13H18N2O4. The molecule has 0 fully saturated rings. The van der Waals surface area contributed by atoms with E-state index >= 15 is 0 Å². The van der Waals surface area contributed by atoms with E-state index in [-0.39, 0.29) is 13.2 Å². The highest BCUT2D eigenvalue weighted by molar-refractivity contribution is 5.80. The summed E-state index contributed by atoms with van der Waals surface area (Å²) >= 11 is 0. The largest absolute Gasteiger partial charge is 0.480 e. The molecule has 1 aromatic rings. The summed E-state index contributed by atoms with van der Waals surface area (Å²) in [6.45, 7) is 2.75. The first-order valence-electron chi connectivity index (χ1n) is 6.04. The molecule has 1 amide bonds. The lowest BCUT2D eigenvalue weighted by molar-refractivity contribution is -0.139. The van der Waals surface area contributed by atoms with Gasteiger partial charge in [0, 0.05) is 6.54 Å². The predicted octanol–water partition coefficient (Wildman–Crippen LogP) is 0.975. The predicted molar refractivity (Wildman–Crippen MR) is 69.7 cm³/mol. The smallest absolute Gasteiger partial charge is 0.408 e. The van der Waals surface area contributed by atoms with Crippen LogP contribution in [0.5, 0.6) is 0 Å². The molecule has 0 bridgehead atoms. The Bertz CT molecular complexity index is 408. The molecule has 1 aromatic carbocycles. The molecule has 0 heterocycles. The van der Waals surface area contributed by atoms with Gasteiger partial charge in [-0.2, -0.15) is 0 Å². The van der Waals surface area contributed by atoms with Crippen molar-refractivity contribution < 1.29 is 19.4 Å². The summed E-state index contributed by atoms with van der Waals surface area (Å²) in [5, 5.41) is 14.1. The van der Waals surface area contributed by atoms with E-state index in [0.717, 1.165) is 5.56 Å². The van der Waals surface area contributed by atoms with E-state index in [4.69, 9.17) is 9.84 Å². The van der Waals surface area contributed by atoms with Crippen molar-refractivity contribution in [1.82, 2.24) is 10.6 Å². The molecule has 6 nitrogen and oxygen atoms in total. The Labute approximate surface area is 111 Å². The van der Waals surface area contributed by atoms with Crippen LogP contribution in [0.25, 0.3) is 0 Å². The van der Waals surface area contributed by atoms with Crippen molar-refractivity contribution in [3.63, 3.8) is 0 Å². The van der Waals surface area contributed by atoms with Crippen LogP contribution in [0.4, 0.5) is 4.79 Å². The summed E-state index contributed by atoms with van der Waals surface area (Å²) in [4.78, 5) is 22.4. The quantitative estimate of drug-likeness (QED) is 0.684. The number of ether oxygens (including phenoxy) is 1. The lowest BCUT2D eigenvalue weighted by Crippen LogP contribution is -2.47. The molecule has 0 aliphatic heterocycles. The van der Waals surface area contributed by atoms with E-state index in [1.54, 1.807) is 0 Å². The van der Waals surface area contributed by atoms with Gasteiger partial charge in [-0.3, -0.25) is 0 Å². The first kappa shape index (κ1) is 15.0. The lowest BCUT2D eigenvalue weighted by Gasteiger charge is -2.14. The van der Waals surface area contributed by atoms with Gasteiger partial charge >= 0.3 is 12.1 Å². The zero-order valence-electron chi connectivity index (χ0n) is 10.8. The Hall–Kier alpha value is -2.08. The third-order valence-corrected chi connectivity index (χ3v) is 2.40. The van der Waals surface area contributed by atoms with E-state index in [1.165, 1.54) is 0 Å². The molecule has 19 heavy (non-hydrogen) atoms. The van der Waals surface area contributed by atoms with Crippen LogP contribution in [0.3, 0.4) is 0 Å². The minimum Gasteiger partial charge on any atom is -0.480 e. The average molecular weight is 266 g/mol. The number of carbonyl (C=O) groups excluding carboxylic acids is 1. The van der Waals surface area contributed by atoms with Crippen molar-refractivity contribution in [2.45, 2.75) is 19.6 Å². The molecule has 0 aromatic heterocycles. The number of nitrogens with one attached hydrogen (secondary N) is 2. The van der Waals surface area contributed by atoms with E-state index < -0.39 is 18.1 Å². The molecule has 0 aliphatic carbocycles. The van der Waals surface area contributed by atoms with Gasteiger partial charge in [0.25, 0.3) is 0 Å². The van der Waals surface area contributed by atoms with Crippen molar-refractivity contribution in [3.8, 4) is 0 Å². The molecule has 0 spiro atoms. The van der Waals surface area contributed by atoms with Crippen LogP contribution >= 0.6 is 0 Å². The molecule has 0 unspecified atom stereocenters. The minimum atomic E-state index is -1.10. The molecule has 0 aliphatic rings. The number of hydrogen-bond acceptors (Lipinski definition) is 4.